The zero-order valence-electron chi connectivity index (χ0n) is 15.8. The summed E-state index contributed by atoms with van der Waals surface area (Å²) in [5.74, 6) is 1.34. The Balaban J connectivity index is 1.93. The van der Waals surface area contributed by atoms with Gasteiger partial charge in [-0.15, -0.1) is 0 Å². The van der Waals surface area contributed by atoms with E-state index in [2.05, 4.69) is 4.72 Å². The summed E-state index contributed by atoms with van der Waals surface area (Å²) in [6.45, 7) is 10.4. The molecule has 140 valence electrons. The van der Waals surface area contributed by atoms with E-state index >= 15 is 0 Å². The Morgan fingerprint density at radius 1 is 0.923 bits per heavy atom. The number of nitrogens with one attached hydrogen (secondary N) is 1. The van der Waals surface area contributed by atoms with Crippen LogP contribution >= 0.6 is 0 Å². The SMILES string of the molecule is Cc1cc(C)c(C)c(S(=O)(=O)N[C@H](C)c2ccc3c(c2)OCCO3)c1C. The lowest BCUT2D eigenvalue weighted by Crippen LogP contribution is -2.28. The first kappa shape index (κ1) is 18.7. The van der Waals surface area contributed by atoms with E-state index in [-0.39, 0.29) is 0 Å². The smallest absolute Gasteiger partial charge is 0.241 e. The van der Waals surface area contributed by atoms with Crippen LogP contribution in [0.2, 0.25) is 0 Å². The molecule has 2 aromatic carbocycles. The predicted molar refractivity (Wildman–Crippen MR) is 102 cm³/mol. The second-order valence-electron chi connectivity index (χ2n) is 6.84. The van der Waals surface area contributed by atoms with Gasteiger partial charge >= 0.3 is 0 Å². The molecule has 1 atom stereocenters. The van der Waals surface area contributed by atoms with Gasteiger partial charge in [-0.3, -0.25) is 0 Å². The molecule has 0 aromatic heterocycles. The third-order valence-electron chi connectivity index (χ3n) is 4.96. The minimum Gasteiger partial charge on any atom is -0.486 e. The van der Waals surface area contributed by atoms with E-state index < -0.39 is 16.1 Å². The Hall–Kier alpha value is -2.05. The van der Waals surface area contributed by atoms with E-state index in [1.54, 1.807) is 0 Å². The van der Waals surface area contributed by atoms with E-state index in [1.165, 1.54) is 0 Å². The summed E-state index contributed by atoms with van der Waals surface area (Å²) in [6, 6.07) is 7.15. The zero-order valence-corrected chi connectivity index (χ0v) is 16.7. The minimum atomic E-state index is -3.66. The topological polar surface area (TPSA) is 64.6 Å². The van der Waals surface area contributed by atoms with Crippen LogP contribution in [0, 0.1) is 27.7 Å². The Kier molecular flexibility index (Phi) is 4.99. The highest BCUT2D eigenvalue weighted by Crippen LogP contribution is 2.33. The van der Waals surface area contributed by atoms with Crippen LogP contribution in [0.25, 0.3) is 0 Å². The Morgan fingerprint density at radius 2 is 1.50 bits per heavy atom. The molecule has 0 fully saturated rings. The van der Waals surface area contributed by atoms with Crippen molar-refractivity contribution in [2.45, 2.75) is 45.6 Å². The molecule has 5 nitrogen and oxygen atoms in total. The monoisotopic (exact) mass is 375 g/mol. The Morgan fingerprint density at radius 3 is 2.12 bits per heavy atom. The number of rotatable bonds is 4. The first-order valence-corrected chi connectivity index (χ1v) is 10.2. The van der Waals surface area contributed by atoms with Crippen molar-refractivity contribution in [2.24, 2.45) is 0 Å². The number of ether oxygens (including phenoxy) is 2. The highest BCUT2D eigenvalue weighted by molar-refractivity contribution is 7.89. The molecule has 0 aliphatic carbocycles. The summed E-state index contributed by atoms with van der Waals surface area (Å²) in [5.41, 5.74) is 4.35. The summed E-state index contributed by atoms with van der Waals surface area (Å²) in [7, 11) is -3.66. The largest absolute Gasteiger partial charge is 0.486 e. The molecule has 0 bridgehead atoms. The fourth-order valence-corrected chi connectivity index (χ4v) is 5.12. The molecule has 3 rings (SSSR count). The lowest BCUT2D eigenvalue weighted by Gasteiger charge is -2.22. The standard InChI is InChI=1S/C20H25NO4S/c1-12-10-13(2)15(4)20(14(12)3)26(22,23)21-16(5)17-6-7-18-19(11-17)25-9-8-24-18/h6-7,10-11,16,21H,8-9H2,1-5H3/t16-/m1/s1. The fourth-order valence-electron chi connectivity index (χ4n) is 3.27. The van der Waals surface area contributed by atoms with Gasteiger partial charge in [-0.25, -0.2) is 13.1 Å². The summed E-state index contributed by atoms with van der Waals surface area (Å²) < 4.78 is 40.1. The van der Waals surface area contributed by atoms with Crippen LogP contribution in [0.4, 0.5) is 0 Å². The Labute approximate surface area is 155 Å². The van der Waals surface area contributed by atoms with Crippen molar-refractivity contribution in [1.29, 1.82) is 0 Å². The number of sulfonamides is 1. The molecule has 0 amide bonds. The number of benzene rings is 2. The normalized spacial score (nSPS) is 15.0. The van der Waals surface area contributed by atoms with Gasteiger partial charge in [0.05, 0.1) is 4.90 Å². The van der Waals surface area contributed by atoms with E-state index in [4.69, 9.17) is 9.47 Å². The number of fused-ring (bicyclic) bond motifs is 1. The van der Waals surface area contributed by atoms with Crippen LogP contribution in [0.5, 0.6) is 11.5 Å². The van der Waals surface area contributed by atoms with Crippen LogP contribution in [-0.2, 0) is 10.0 Å². The molecule has 0 saturated heterocycles. The highest BCUT2D eigenvalue weighted by Gasteiger charge is 2.25. The first-order chi connectivity index (χ1) is 12.2. The summed E-state index contributed by atoms with van der Waals surface area (Å²) in [5, 5.41) is 0. The average Bonchev–Trinajstić information content (AvgIpc) is 2.59. The molecule has 0 unspecified atom stereocenters. The molecule has 1 aliphatic rings. The van der Waals surface area contributed by atoms with Crippen LogP contribution in [0.15, 0.2) is 29.2 Å². The minimum absolute atomic E-state index is 0.374. The number of hydrogen-bond acceptors (Lipinski definition) is 4. The van der Waals surface area contributed by atoms with E-state index in [0.29, 0.717) is 29.6 Å². The highest BCUT2D eigenvalue weighted by atomic mass is 32.2. The molecule has 1 N–H and O–H groups in total. The van der Waals surface area contributed by atoms with Crippen LogP contribution in [0.1, 0.15) is 40.8 Å². The second kappa shape index (κ2) is 6.93. The van der Waals surface area contributed by atoms with Crippen molar-refractivity contribution < 1.29 is 17.9 Å². The summed E-state index contributed by atoms with van der Waals surface area (Å²) >= 11 is 0. The lowest BCUT2D eigenvalue weighted by molar-refractivity contribution is 0.171. The van der Waals surface area contributed by atoms with E-state index in [9.17, 15) is 8.42 Å². The van der Waals surface area contributed by atoms with Gasteiger partial charge in [-0.05, 0) is 74.6 Å². The molecule has 0 saturated carbocycles. The molecule has 6 heteroatoms. The molecule has 1 aliphatic heterocycles. The first-order valence-electron chi connectivity index (χ1n) is 8.70. The second-order valence-corrected chi connectivity index (χ2v) is 8.49. The number of hydrogen-bond donors (Lipinski definition) is 1. The van der Waals surface area contributed by atoms with Crippen molar-refractivity contribution in [3.05, 3.63) is 52.1 Å². The molecular weight excluding hydrogens is 350 g/mol. The third kappa shape index (κ3) is 3.44. The average molecular weight is 375 g/mol. The van der Waals surface area contributed by atoms with Crippen molar-refractivity contribution in [1.82, 2.24) is 4.72 Å². The van der Waals surface area contributed by atoms with Crippen molar-refractivity contribution in [3.63, 3.8) is 0 Å². The Bertz CT molecular complexity index is 925. The van der Waals surface area contributed by atoms with Gasteiger partial charge in [0, 0.05) is 6.04 Å². The van der Waals surface area contributed by atoms with E-state index in [0.717, 1.165) is 27.8 Å². The van der Waals surface area contributed by atoms with Crippen LogP contribution < -0.4 is 14.2 Å². The molecule has 2 aromatic rings. The summed E-state index contributed by atoms with van der Waals surface area (Å²) in [6.07, 6.45) is 0. The van der Waals surface area contributed by atoms with E-state index in [1.807, 2.05) is 58.9 Å². The lowest BCUT2D eigenvalue weighted by atomic mass is 10.0. The fraction of sp³-hybridized carbons (Fsp3) is 0.400. The van der Waals surface area contributed by atoms with Crippen LogP contribution in [0.3, 0.4) is 0 Å². The van der Waals surface area contributed by atoms with Gasteiger partial charge in [0.2, 0.25) is 10.0 Å². The maximum atomic E-state index is 13.1. The van der Waals surface area contributed by atoms with Gasteiger partial charge in [-0.2, -0.15) is 0 Å². The van der Waals surface area contributed by atoms with Crippen molar-refractivity contribution in [3.8, 4) is 11.5 Å². The van der Waals surface area contributed by atoms with Crippen LogP contribution in [-0.4, -0.2) is 21.6 Å². The maximum absolute atomic E-state index is 13.1. The predicted octanol–water partition coefficient (Wildman–Crippen LogP) is 3.73. The van der Waals surface area contributed by atoms with Gasteiger partial charge < -0.3 is 9.47 Å². The molecular formula is C20H25NO4S. The number of aryl methyl sites for hydroxylation is 2. The van der Waals surface area contributed by atoms with Gasteiger partial charge in [0.1, 0.15) is 13.2 Å². The molecule has 0 spiro atoms. The maximum Gasteiger partial charge on any atom is 0.241 e. The van der Waals surface area contributed by atoms with Gasteiger partial charge in [-0.1, -0.05) is 12.1 Å². The molecule has 0 radical (unpaired) electrons. The molecule has 26 heavy (non-hydrogen) atoms. The van der Waals surface area contributed by atoms with Gasteiger partial charge in [0.15, 0.2) is 11.5 Å². The van der Waals surface area contributed by atoms with Crippen molar-refractivity contribution in [2.75, 3.05) is 13.2 Å². The van der Waals surface area contributed by atoms with Crippen molar-refractivity contribution >= 4 is 10.0 Å². The van der Waals surface area contributed by atoms with Gasteiger partial charge in [0.25, 0.3) is 0 Å². The molecule has 1 heterocycles. The summed E-state index contributed by atoms with van der Waals surface area (Å²) in [4.78, 5) is 0.374. The zero-order chi connectivity index (χ0) is 19.1. The quantitative estimate of drug-likeness (QED) is 0.884. The third-order valence-corrected chi connectivity index (χ3v) is 6.78.